The van der Waals surface area contributed by atoms with E-state index in [1.165, 1.54) is 218 Å². The molecule has 60 heavy (non-hydrogen) atoms. The van der Waals surface area contributed by atoms with Gasteiger partial charge in [0.2, 0.25) is 5.91 Å². The Labute approximate surface area is 374 Å². The van der Waals surface area contributed by atoms with Crippen LogP contribution in [-0.4, -0.2) is 47.4 Å². The van der Waals surface area contributed by atoms with E-state index in [2.05, 4.69) is 31.3 Å². The summed E-state index contributed by atoms with van der Waals surface area (Å²) < 4.78 is 5.46. The lowest BCUT2D eigenvalue weighted by Crippen LogP contribution is -2.45. The quantitative estimate of drug-likeness (QED) is 0.0322. The molecule has 0 aliphatic carbocycles. The fourth-order valence-corrected chi connectivity index (χ4v) is 8.40. The average Bonchev–Trinajstić information content (AvgIpc) is 3.25. The van der Waals surface area contributed by atoms with Gasteiger partial charge in [-0.25, -0.2) is 0 Å². The van der Waals surface area contributed by atoms with Crippen molar-refractivity contribution in [3.63, 3.8) is 0 Å². The van der Waals surface area contributed by atoms with Gasteiger partial charge in [-0.3, -0.25) is 9.59 Å². The van der Waals surface area contributed by atoms with Crippen molar-refractivity contribution in [1.82, 2.24) is 5.32 Å². The summed E-state index contributed by atoms with van der Waals surface area (Å²) in [5.41, 5.74) is 0. The van der Waals surface area contributed by atoms with Crippen LogP contribution >= 0.6 is 0 Å². The number of rotatable bonds is 50. The minimum atomic E-state index is -0.663. The molecule has 0 spiro atoms. The molecule has 0 fully saturated rings. The highest BCUT2D eigenvalue weighted by Gasteiger charge is 2.20. The second kappa shape index (κ2) is 50.2. The summed E-state index contributed by atoms with van der Waals surface area (Å²) >= 11 is 0. The lowest BCUT2D eigenvalue weighted by molar-refractivity contribution is -0.143. The predicted molar refractivity (Wildman–Crippen MR) is 260 cm³/mol. The van der Waals surface area contributed by atoms with Crippen LogP contribution < -0.4 is 5.32 Å². The lowest BCUT2D eigenvalue weighted by atomic mass is 10.0. The fourth-order valence-electron chi connectivity index (χ4n) is 8.40. The topological polar surface area (TPSA) is 95.9 Å². The van der Waals surface area contributed by atoms with E-state index in [0.717, 1.165) is 44.9 Å². The van der Waals surface area contributed by atoms with Crippen molar-refractivity contribution in [2.24, 2.45) is 0 Å². The molecule has 0 aromatic heterocycles. The molecule has 0 bridgehead atoms. The fraction of sp³-hybridized carbons (Fsp3) is 0.926. The van der Waals surface area contributed by atoms with E-state index in [0.29, 0.717) is 25.9 Å². The van der Waals surface area contributed by atoms with Gasteiger partial charge in [-0.05, 0) is 51.4 Å². The monoisotopic (exact) mass is 848 g/mol. The van der Waals surface area contributed by atoms with Crippen LogP contribution in [-0.2, 0) is 14.3 Å². The van der Waals surface area contributed by atoms with Crippen molar-refractivity contribution in [2.45, 2.75) is 309 Å². The Morgan fingerprint density at radius 2 is 0.783 bits per heavy atom. The van der Waals surface area contributed by atoms with Crippen molar-refractivity contribution < 1.29 is 24.5 Å². The molecule has 0 radical (unpaired) electrons. The van der Waals surface area contributed by atoms with E-state index >= 15 is 0 Å². The van der Waals surface area contributed by atoms with E-state index in [1.807, 2.05) is 0 Å². The molecule has 0 aromatic carbocycles. The van der Waals surface area contributed by atoms with Gasteiger partial charge in [-0.2, -0.15) is 0 Å². The van der Waals surface area contributed by atoms with Gasteiger partial charge in [0.1, 0.15) is 0 Å². The maximum absolute atomic E-state index is 12.4. The summed E-state index contributed by atoms with van der Waals surface area (Å²) in [7, 11) is 0. The molecule has 6 heteroatoms. The molecular weight excluding hydrogens is 743 g/mol. The number of carbonyl (C=O) groups excluding carboxylic acids is 2. The zero-order valence-electron chi connectivity index (χ0n) is 40.5. The Bertz CT molecular complexity index is 893. The van der Waals surface area contributed by atoms with Crippen LogP contribution in [0.4, 0.5) is 0 Å². The smallest absolute Gasteiger partial charge is 0.305 e. The first-order chi connectivity index (χ1) is 29.5. The summed E-state index contributed by atoms with van der Waals surface area (Å²) in [4.78, 5) is 24.4. The molecular formula is C54H105NO5. The highest BCUT2D eigenvalue weighted by molar-refractivity contribution is 5.76. The second-order valence-corrected chi connectivity index (χ2v) is 18.6. The van der Waals surface area contributed by atoms with Crippen molar-refractivity contribution in [1.29, 1.82) is 0 Å². The van der Waals surface area contributed by atoms with Crippen LogP contribution in [0.1, 0.15) is 296 Å². The molecule has 2 atom stereocenters. The molecule has 0 saturated carbocycles. The standard InChI is InChI=1S/C54H105NO5/c1-3-5-7-9-11-13-15-28-32-36-40-44-48-54(59)60-49-45-41-37-33-29-25-23-21-19-17-16-18-20-22-24-27-31-35-39-43-47-53(58)55-51(50-56)52(57)46-42-38-34-30-26-14-12-10-8-6-4-2/h11,13,51-52,56-57H,3-10,12,14-50H2,1-2H3,(H,55,58)/b13-11-. The molecule has 0 aliphatic heterocycles. The molecule has 6 nitrogen and oxygen atoms in total. The number of carbonyl (C=O) groups is 2. The zero-order valence-corrected chi connectivity index (χ0v) is 40.5. The van der Waals surface area contributed by atoms with E-state index in [-0.39, 0.29) is 18.5 Å². The number of aliphatic hydroxyl groups is 2. The molecule has 0 aromatic rings. The van der Waals surface area contributed by atoms with Gasteiger partial charge < -0.3 is 20.3 Å². The number of aliphatic hydroxyl groups excluding tert-OH is 2. The maximum Gasteiger partial charge on any atom is 0.305 e. The summed E-state index contributed by atoms with van der Waals surface area (Å²) in [6, 6.07) is -0.540. The van der Waals surface area contributed by atoms with Gasteiger partial charge in [-0.15, -0.1) is 0 Å². The van der Waals surface area contributed by atoms with Crippen molar-refractivity contribution in [2.75, 3.05) is 13.2 Å². The molecule has 3 N–H and O–H groups in total. The highest BCUT2D eigenvalue weighted by Crippen LogP contribution is 2.17. The van der Waals surface area contributed by atoms with Gasteiger partial charge in [0.25, 0.3) is 0 Å². The van der Waals surface area contributed by atoms with E-state index in [1.54, 1.807) is 0 Å². The van der Waals surface area contributed by atoms with Gasteiger partial charge in [0.05, 0.1) is 25.4 Å². The van der Waals surface area contributed by atoms with Crippen LogP contribution in [0, 0.1) is 0 Å². The highest BCUT2D eigenvalue weighted by atomic mass is 16.5. The number of ether oxygens (including phenoxy) is 1. The van der Waals surface area contributed by atoms with E-state index in [4.69, 9.17) is 4.74 Å². The summed E-state index contributed by atoms with van der Waals surface area (Å²) in [5, 5.41) is 23.2. The van der Waals surface area contributed by atoms with Crippen LogP contribution in [0.25, 0.3) is 0 Å². The van der Waals surface area contributed by atoms with Gasteiger partial charge in [0, 0.05) is 12.8 Å². The minimum absolute atomic E-state index is 0.000567. The van der Waals surface area contributed by atoms with Crippen LogP contribution in [0.5, 0.6) is 0 Å². The zero-order chi connectivity index (χ0) is 43.7. The van der Waals surface area contributed by atoms with Gasteiger partial charge in [0.15, 0.2) is 0 Å². The van der Waals surface area contributed by atoms with Crippen LogP contribution in [0.15, 0.2) is 12.2 Å². The first-order valence-electron chi connectivity index (χ1n) is 26.9. The van der Waals surface area contributed by atoms with Crippen LogP contribution in [0.3, 0.4) is 0 Å². The third-order valence-corrected chi connectivity index (χ3v) is 12.6. The Hall–Kier alpha value is -1.40. The number of nitrogens with one attached hydrogen (secondary N) is 1. The SMILES string of the molecule is CCCCC/C=C\CCCCCCCC(=O)OCCCCCCCCCCCCCCCCCCCCCCC(=O)NC(CO)C(O)CCCCCCCCCCCCC. The molecule has 0 rings (SSSR count). The number of hydrogen-bond donors (Lipinski definition) is 3. The van der Waals surface area contributed by atoms with E-state index < -0.39 is 12.1 Å². The number of esters is 1. The predicted octanol–water partition coefficient (Wildman–Crippen LogP) is 16.1. The Balaban J connectivity index is 3.38. The number of amides is 1. The first-order valence-corrected chi connectivity index (χ1v) is 26.9. The van der Waals surface area contributed by atoms with Crippen molar-refractivity contribution in [3.05, 3.63) is 12.2 Å². The third-order valence-electron chi connectivity index (χ3n) is 12.6. The third kappa shape index (κ3) is 46.1. The van der Waals surface area contributed by atoms with Crippen molar-refractivity contribution in [3.8, 4) is 0 Å². The molecule has 1 amide bonds. The molecule has 0 heterocycles. The van der Waals surface area contributed by atoms with Gasteiger partial charge in [-0.1, -0.05) is 244 Å². The average molecular weight is 848 g/mol. The Kier molecular flexibility index (Phi) is 49.1. The van der Waals surface area contributed by atoms with Crippen LogP contribution in [0.2, 0.25) is 0 Å². The maximum atomic E-state index is 12.4. The molecule has 0 aliphatic rings. The molecule has 2 unspecified atom stereocenters. The molecule has 0 saturated heterocycles. The van der Waals surface area contributed by atoms with Gasteiger partial charge >= 0.3 is 5.97 Å². The minimum Gasteiger partial charge on any atom is -0.466 e. The summed E-state index contributed by atoms with van der Waals surface area (Å²) in [6.07, 6.45) is 57.6. The summed E-state index contributed by atoms with van der Waals surface area (Å²) in [6.45, 7) is 4.92. The van der Waals surface area contributed by atoms with E-state index in [9.17, 15) is 19.8 Å². The Morgan fingerprint density at radius 3 is 1.22 bits per heavy atom. The first kappa shape index (κ1) is 58.6. The number of hydrogen-bond acceptors (Lipinski definition) is 5. The Morgan fingerprint density at radius 1 is 0.450 bits per heavy atom. The lowest BCUT2D eigenvalue weighted by Gasteiger charge is -2.22. The largest absolute Gasteiger partial charge is 0.466 e. The second-order valence-electron chi connectivity index (χ2n) is 18.6. The normalized spacial score (nSPS) is 12.7. The summed E-state index contributed by atoms with van der Waals surface area (Å²) in [5.74, 6) is -0.0368. The number of unbranched alkanes of at least 4 members (excludes halogenated alkanes) is 37. The van der Waals surface area contributed by atoms with Crippen molar-refractivity contribution >= 4 is 11.9 Å². The number of allylic oxidation sites excluding steroid dienone is 2. The molecule has 356 valence electrons.